The lowest BCUT2D eigenvalue weighted by atomic mass is 10.1. The van der Waals surface area contributed by atoms with E-state index < -0.39 is 0 Å². The molecule has 0 amide bonds. The van der Waals surface area contributed by atoms with E-state index in [1.165, 1.54) is 12.1 Å². The van der Waals surface area contributed by atoms with E-state index in [0.717, 1.165) is 5.56 Å². The molecule has 3 N–H and O–H groups in total. The lowest BCUT2D eigenvalue weighted by Crippen LogP contribution is -2.07. The highest BCUT2D eigenvalue weighted by atomic mass is 35.5. The van der Waals surface area contributed by atoms with Crippen LogP contribution in [0.5, 0.6) is 11.5 Å². The van der Waals surface area contributed by atoms with Crippen LogP contribution < -0.4 is 5.32 Å². The van der Waals surface area contributed by atoms with Gasteiger partial charge in [-0.25, -0.2) is 0 Å². The summed E-state index contributed by atoms with van der Waals surface area (Å²) in [6, 6.07) is 7.80. The summed E-state index contributed by atoms with van der Waals surface area (Å²) in [5, 5.41) is 24.0. The van der Waals surface area contributed by atoms with E-state index in [1.54, 1.807) is 18.2 Å². The molecule has 5 heteroatoms. The van der Waals surface area contributed by atoms with E-state index >= 15 is 0 Å². The van der Waals surface area contributed by atoms with Crippen LogP contribution in [0.3, 0.4) is 0 Å². The van der Waals surface area contributed by atoms with Gasteiger partial charge in [0.25, 0.3) is 0 Å². The molecule has 0 aliphatic rings. The van der Waals surface area contributed by atoms with Gasteiger partial charge in [0.2, 0.25) is 0 Å². The number of benzene rings is 2. The maximum atomic E-state index is 9.85. The Labute approximate surface area is 127 Å². The van der Waals surface area contributed by atoms with Crippen molar-refractivity contribution in [3.63, 3.8) is 0 Å². The van der Waals surface area contributed by atoms with Crippen LogP contribution in [-0.2, 0) is 0 Å². The normalized spacial score (nSPS) is 12.2. The highest BCUT2D eigenvalue weighted by Crippen LogP contribution is 2.36. The third-order valence-electron chi connectivity index (χ3n) is 3.11. The van der Waals surface area contributed by atoms with Gasteiger partial charge in [0, 0.05) is 5.02 Å². The molecule has 3 nitrogen and oxygen atoms in total. The van der Waals surface area contributed by atoms with Crippen LogP contribution in [-0.4, -0.2) is 10.2 Å². The van der Waals surface area contributed by atoms with Crippen molar-refractivity contribution < 1.29 is 10.2 Å². The average Bonchev–Trinajstić information content (AvgIpc) is 2.35. The SMILES string of the molecule is Cc1cc(Cl)c(NC(C)c2c(O)cccc2O)cc1Cl. The second kappa shape index (κ2) is 5.81. The first-order valence-electron chi connectivity index (χ1n) is 6.13. The van der Waals surface area contributed by atoms with Crippen LogP contribution in [0.2, 0.25) is 10.0 Å². The number of phenols is 2. The first-order valence-corrected chi connectivity index (χ1v) is 6.88. The first-order chi connectivity index (χ1) is 9.40. The van der Waals surface area contributed by atoms with Crippen LogP contribution in [0.15, 0.2) is 30.3 Å². The van der Waals surface area contributed by atoms with Gasteiger partial charge in [0.15, 0.2) is 0 Å². The van der Waals surface area contributed by atoms with Gasteiger partial charge in [-0.1, -0.05) is 29.3 Å². The third kappa shape index (κ3) is 2.94. The number of nitrogens with one attached hydrogen (secondary N) is 1. The predicted molar refractivity (Wildman–Crippen MR) is 83.0 cm³/mol. The van der Waals surface area contributed by atoms with Gasteiger partial charge >= 0.3 is 0 Å². The fourth-order valence-electron chi connectivity index (χ4n) is 2.05. The van der Waals surface area contributed by atoms with Crippen molar-refractivity contribution >= 4 is 28.9 Å². The molecule has 2 aromatic rings. The van der Waals surface area contributed by atoms with E-state index in [9.17, 15) is 10.2 Å². The molecule has 2 rings (SSSR count). The Hall–Kier alpha value is -1.58. The lowest BCUT2D eigenvalue weighted by molar-refractivity contribution is 0.434. The zero-order valence-electron chi connectivity index (χ0n) is 11.1. The molecule has 0 heterocycles. The molecule has 0 fully saturated rings. The number of hydrogen-bond acceptors (Lipinski definition) is 3. The smallest absolute Gasteiger partial charge is 0.124 e. The predicted octanol–water partition coefficient (Wildman–Crippen LogP) is 4.89. The Kier molecular flexibility index (Phi) is 4.31. The van der Waals surface area contributed by atoms with Crippen molar-refractivity contribution in [1.82, 2.24) is 0 Å². The van der Waals surface area contributed by atoms with Crippen LogP contribution in [0.25, 0.3) is 0 Å². The summed E-state index contributed by atoms with van der Waals surface area (Å²) in [6.07, 6.45) is 0. The number of anilines is 1. The Balaban J connectivity index is 2.33. The van der Waals surface area contributed by atoms with Crippen molar-refractivity contribution in [1.29, 1.82) is 0 Å². The van der Waals surface area contributed by atoms with Crippen LogP contribution in [0.1, 0.15) is 24.1 Å². The van der Waals surface area contributed by atoms with Gasteiger partial charge in [-0.05, 0) is 43.7 Å². The molecule has 1 atom stereocenters. The molecule has 0 aliphatic heterocycles. The summed E-state index contributed by atoms with van der Waals surface area (Å²) in [5.41, 5.74) is 1.96. The number of hydrogen-bond donors (Lipinski definition) is 3. The average molecular weight is 312 g/mol. The monoisotopic (exact) mass is 311 g/mol. The van der Waals surface area contributed by atoms with Gasteiger partial charge in [0.1, 0.15) is 11.5 Å². The minimum Gasteiger partial charge on any atom is -0.507 e. The molecule has 20 heavy (non-hydrogen) atoms. The van der Waals surface area contributed by atoms with E-state index in [1.807, 2.05) is 13.8 Å². The molecule has 0 saturated carbocycles. The van der Waals surface area contributed by atoms with Crippen LogP contribution in [0, 0.1) is 6.92 Å². The summed E-state index contributed by atoms with van der Waals surface area (Å²) < 4.78 is 0. The quantitative estimate of drug-likeness (QED) is 0.756. The summed E-state index contributed by atoms with van der Waals surface area (Å²) >= 11 is 12.2. The largest absolute Gasteiger partial charge is 0.507 e. The van der Waals surface area contributed by atoms with Crippen LogP contribution >= 0.6 is 23.2 Å². The van der Waals surface area contributed by atoms with Gasteiger partial charge in [-0.2, -0.15) is 0 Å². The van der Waals surface area contributed by atoms with Gasteiger partial charge in [0.05, 0.1) is 22.3 Å². The van der Waals surface area contributed by atoms with Crippen molar-refractivity contribution in [2.75, 3.05) is 5.32 Å². The molecule has 106 valence electrons. The van der Waals surface area contributed by atoms with Crippen molar-refractivity contribution in [2.45, 2.75) is 19.9 Å². The Bertz CT molecular complexity index is 624. The Morgan fingerprint density at radius 2 is 1.65 bits per heavy atom. The van der Waals surface area contributed by atoms with Gasteiger partial charge in [-0.15, -0.1) is 0 Å². The van der Waals surface area contributed by atoms with E-state index in [4.69, 9.17) is 23.2 Å². The summed E-state index contributed by atoms with van der Waals surface area (Å²) in [7, 11) is 0. The van der Waals surface area contributed by atoms with Crippen molar-refractivity contribution in [3.05, 3.63) is 51.5 Å². The number of halogens is 2. The number of aryl methyl sites for hydroxylation is 1. The molecular formula is C15H15Cl2NO2. The third-order valence-corrected chi connectivity index (χ3v) is 3.83. The zero-order chi connectivity index (χ0) is 14.9. The molecule has 1 unspecified atom stereocenters. The molecule has 0 radical (unpaired) electrons. The minimum atomic E-state index is -0.326. The van der Waals surface area contributed by atoms with E-state index in [0.29, 0.717) is 21.3 Å². The van der Waals surface area contributed by atoms with Crippen LogP contribution in [0.4, 0.5) is 5.69 Å². The summed E-state index contributed by atoms with van der Waals surface area (Å²) in [6.45, 7) is 3.69. The molecule has 0 aromatic heterocycles. The molecule has 0 spiro atoms. The maximum absolute atomic E-state index is 9.85. The standard InChI is InChI=1S/C15H15Cl2NO2/c1-8-6-11(17)12(7-10(8)16)18-9(2)15-13(19)4-3-5-14(15)20/h3-7,9,18-20H,1-2H3. The number of aromatic hydroxyl groups is 2. The van der Waals surface area contributed by atoms with E-state index in [2.05, 4.69) is 5.32 Å². The molecular weight excluding hydrogens is 297 g/mol. The second-order valence-corrected chi connectivity index (χ2v) is 5.47. The molecule has 0 aliphatic carbocycles. The summed E-state index contributed by atoms with van der Waals surface area (Å²) in [4.78, 5) is 0. The highest BCUT2D eigenvalue weighted by molar-refractivity contribution is 6.35. The van der Waals surface area contributed by atoms with Gasteiger partial charge in [-0.3, -0.25) is 0 Å². The van der Waals surface area contributed by atoms with Crippen molar-refractivity contribution in [2.24, 2.45) is 0 Å². The fourth-order valence-corrected chi connectivity index (χ4v) is 2.48. The Morgan fingerprint density at radius 1 is 1.05 bits per heavy atom. The minimum absolute atomic E-state index is 0.0272. The summed E-state index contributed by atoms with van der Waals surface area (Å²) in [5.74, 6) is 0.0543. The highest BCUT2D eigenvalue weighted by Gasteiger charge is 2.16. The molecule has 0 bridgehead atoms. The van der Waals surface area contributed by atoms with Crippen molar-refractivity contribution in [3.8, 4) is 11.5 Å². The Morgan fingerprint density at radius 3 is 2.25 bits per heavy atom. The number of rotatable bonds is 3. The fraction of sp³-hybridized carbons (Fsp3) is 0.200. The molecule has 2 aromatic carbocycles. The lowest BCUT2D eigenvalue weighted by Gasteiger charge is -2.19. The second-order valence-electron chi connectivity index (χ2n) is 4.66. The van der Waals surface area contributed by atoms with E-state index in [-0.39, 0.29) is 17.5 Å². The topological polar surface area (TPSA) is 52.5 Å². The molecule has 0 saturated heterocycles. The van der Waals surface area contributed by atoms with Gasteiger partial charge < -0.3 is 15.5 Å². The first kappa shape index (κ1) is 14.8. The maximum Gasteiger partial charge on any atom is 0.124 e. The zero-order valence-corrected chi connectivity index (χ0v) is 12.6. The number of phenolic OH excluding ortho intramolecular Hbond substituents is 2.